The van der Waals surface area contributed by atoms with Gasteiger partial charge in [-0.05, 0) is 23.8 Å². The maximum absolute atomic E-state index is 3.64. The van der Waals surface area contributed by atoms with Gasteiger partial charge in [-0.1, -0.05) is 78.9 Å². The number of rotatable bonds is 3. The first-order valence-electron chi connectivity index (χ1n) is 8.81. The number of nitrogens with one attached hydrogen (secondary N) is 2. The Morgan fingerprint density at radius 2 is 1.23 bits per heavy atom. The molecule has 0 aliphatic carbocycles. The highest BCUT2D eigenvalue weighted by atomic mass is 14.9. The third kappa shape index (κ3) is 2.44. The van der Waals surface area contributed by atoms with Crippen molar-refractivity contribution < 1.29 is 0 Å². The van der Waals surface area contributed by atoms with Crippen LogP contribution in [0.1, 0.15) is 0 Å². The zero-order valence-electron chi connectivity index (χ0n) is 14.2. The predicted molar refractivity (Wildman–Crippen MR) is 111 cm³/mol. The van der Waals surface area contributed by atoms with Crippen LogP contribution in [0.15, 0.2) is 97.1 Å². The zero-order chi connectivity index (χ0) is 17.3. The van der Waals surface area contributed by atoms with Crippen molar-refractivity contribution in [3.8, 4) is 11.1 Å². The van der Waals surface area contributed by atoms with Gasteiger partial charge in [-0.25, -0.2) is 0 Å². The van der Waals surface area contributed by atoms with Crippen molar-refractivity contribution in [2.24, 2.45) is 0 Å². The lowest BCUT2D eigenvalue weighted by molar-refractivity contribution is 1.50. The summed E-state index contributed by atoms with van der Waals surface area (Å²) in [6, 6.07) is 33.7. The lowest BCUT2D eigenvalue weighted by Crippen LogP contribution is -1.94. The molecule has 0 amide bonds. The fourth-order valence-corrected chi connectivity index (χ4v) is 3.58. The molecule has 0 aliphatic rings. The largest absolute Gasteiger partial charge is 0.353 e. The Morgan fingerprint density at radius 1 is 0.538 bits per heavy atom. The fraction of sp³-hybridized carbons (Fsp3) is 0. The summed E-state index contributed by atoms with van der Waals surface area (Å²) in [6.45, 7) is 0. The molecule has 2 nitrogen and oxygen atoms in total. The first kappa shape index (κ1) is 14.8. The highest BCUT2D eigenvalue weighted by Gasteiger charge is 2.10. The molecule has 4 aromatic carbocycles. The molecular formula is C24H18N2. The molecule has 2 N–H and O–H groups in total. The third-order valence-electron chi connectivity index (χ3n) is 4.82. The van der Waals surface area contributed by atoms with E-state index in [-0.39, 0.29) is 0 Å². The van der Waals surface area contributed by atoms with E-state index in [1.54, 1.807) is 0 Å². The molecule has 1 aromatic heterocycles. The molecule has 124 valence electrons. The maximum Gasteiger partial charge on any atom is 0.0704 e. The summed E-state index contributed by atoms with van der Waals surface area (Å²) in [5, 5.41) is 6.13. The summed E-state index contributed by atoms with van der Waals surface area (Å²) in [5.74, 6) is 0. The van der Waals surface area contributed by atoms with Crippen LogP contribution in [0.2, 0.25) is 0 Å². The number of aromatic nitrogens is 1. The minimum atomic E-state index is 1.09. The van der Waals surface area contributed by atoms with Crippen LogP contribution in [0.4, 0.5) is 11.4 Å². The van der Waals surface area contributed by atoms with Gasteiger partial charge in [0.1, 0.15) is 0 Å². The molecule has 0 saturated carbocycles. The summed E-state index contributed by atoms with van der Waals surface area (Å²) < 4.78 is 0. The Morgan fingerprint density at radius 3 is 2.15 bits per heavy atom. The van der Waals surface area contributed by atoms with Gasteiger partial charge in [-0.2, -0.15) is 0 Å². The second kappa shape index (κ2) is 6.08. The lowest BCUT2D eigenvalue weighted by Gasteiger charge is -2.13. The van der Waals surface area contributed by atoms with E-state index in [0.717, 1.165) is 22.4 Å². The Labute approximate surface area is 152 Å². The maximum atomic E-state index is 3.64. The Kier molecular flexibility index (Phi) is 3.46. The topological polar surface area (TPSA) is 27.8 Å². The molecule has 0 saturated heterocycles. The van der Waals surface area contributed by atoms with Gasteiger partial charge < -0.3 is 10.3 Å². The minimum absolute atomic E-state index is 1.09. The molecule has 0 unspecified atom stereocenters. The summed E-state index contributed by atoms with van der Waals surface area (Å²) in [6.07, 6.45) is 0. The van der Waals surface area contributed by atoms with Crippen LogP contribution in [0.3, 0.4) is 0 Å². The van der Waals surface area contributed by atoms with Crippen LogP contribution in [0, 0.1) is 0 Å². The van der Waals surface area contributed by atoms with Gasteiger partial charge in [-0.15, -0.1) is 0 Å². The average molecular weight is 334 g/mol. The molecular weight excluding hydrogens is 316 g/mol. The second-order valence-electron chi connectivity index (χ2n) is 6.44. The average Bonchev–Trinajstić information content (AvgIpc) is 3.09. The smallest absolute Gasteiger partial charge is 0.0704 e. The molecule has 0 fully saturated rings. The molecule has 0 aliphatic heterocycles. The first-order chi connectivity index (χ1) is 12.9. The molecule has 1 heterocycles. The van der Waals surface area contributed by atoms with Crippen molar-refractivity contribution in [1.82, 2.24) is 4.98 Å². The molecule has 2 heteroatoms. The molecule has 5 aromatic rings. The van der Waals surface area contributed by atoms with Crippen molar-refractivity contribution in [2.75, 3.05) is 5.32 Å². The van der Waals surface area contributed by atoms with Crippen molar-refractivity contribution in [2.45, 2.75) is 0 Å². The summed E-state index contributed by atoms with van der Waals surface area (Å²) in [7, 11) is 0. The van der Waals surface area contributed by atoms with Crippen LogP contribution in [-0.4, -0.2) is 4.98 Å². The van der Waals surface area contributed by atoms with Crippen LogP contribution in [0.25, 0.3) is 32.9 Å². The van der Waals surface area contributed by atoms with Gasteiger partial charge in [0.15, 0.2) is 0 Å². The van der Waals surface area contributed by atoms with Crippen molar-refractivity contribution in [3.05, 3.63) is 97.1 Å². The number of benzene rings is 4. The SMILES string of the molecule is c1ccc(-c2ccccc2Nc2cccc3c2[nH]c2ccccc23)cc1. The molecule has 0 spiro atoms. The van der Waals surface area contributed by atoms with Gasteiger partial charge in [0, 0.05) is 27.5 Å². The van der Waals surface area contributed by atoms with E-state index in [9.17, 15) is 0 Å². The number of aromatic amines is 1. The molecule has 0 radical (unpaired) electrons. The van der Waals surface area contributed by atoms with E-state index < -0.39 is 0 Å². The molecule has 0 atom stereocenters. The number of hydrogen-bond donors (Lipinski definition) is 2. The first-order valence-corrected chi connectivity index (χ1v) is 8.81. The molecule has 0 bridgehead atoms. The fourth-order valence-electron chi connectivity index (χ4n) is 3.58. The number of H-pyrrole nitrogens is 1. The predicted octanol–water partition coefficient (Wildman–Crippen LogP) is 6.73. The zero-order valence-corrected chi connectivity index (χ0v) is 14.2. The molecule has 5 rings (SSSR count). The lowest BCUT2D eigenvalue weighted by atomic mass is 10.0. The quantitative estimate of drug-likeness (QED) is 0.376. The summed E-state index contributed by atoms with van der Waals surface area (Å²) >= 11 is 0. The Bertz CT molecular complexity index is 1200. The van der Waals surface area contributed by atoms with Crippen molar-refractivity contribution >= 4 is 33.2 Å². The van der Waals surface area contributed by atoms with Crippen molar-refractivity contribution in [3.63, 3.8) is 0 Å². The minimum Gasteiger partial charge on any atom is -0.353 e. The second-order valence-corrected chi connectivity index (χ2v) is 6.44. The van der Waals surface area contributed by atoms with E-state index in [1.165, 1.54) is 21.9 Å². The number of para-hydroxylation sites is 3. The van der Waals surface area contributed by atoms with Gasteiger partial charge in [0.2, 0.25) is 0 Å². The van der Waals surface area contributed by atoms with E-state index in [4.69, 9.17) is 0 Å². The normalized spacial score (nSPS) is 11.1. The van der Waals surface area contributed by atoms with Gasteiger partial charge in [-0.3, -0.25) is 0 Å². The van der Waals surface area contributed by atoms with E-state index in [2.05, 4.69) is 101 Å². The number of hydrogen-bond acceptors (Lipinski definition) is 1. The van der Waals surface area contributed by atoms with Crippen LogP contribution in [-0.2, 0) is 0 Å². The highest BCUT2D eigenvalue weighted by Crippen LogP contribution is 2.34. The standard InChI is InChI=1S/C24H18N2/c1-2-9-17(10-3-1)18-11-4-6-14-21(18)25-23-16-8-13-20-19-12-5-7-15-22(19)26-24(20)23/h1-16,25-26H. The van der Waals surface area contributed by atoms with Gasteiger partial charge >= 0.3 is 0 Å². The summed E-state index contributed by atoms with van der Waals surface area (Å²) in [4.78, 5) is 3.56. The van der Waals surface area contributed by atoms with Crippen LogP contribution < -0.4 is 5.32 Å². The Hall–Kier alpha value is -3.52. The number of fused-ring (bicyclic) bond motifs is 3. The monoisotopic (exact) mass is 334 g/mol. The van der Waals surface area contributed by atoms with Gasteiger partial charge in [0.25, 0.3) is 0 Å². The van der Waals surface area contributed by atoms with E-state index in [1.807, 2.05) is 6.07 Å². The van der Waals surface area contributed by atoms with Crippen molar-refractivity contribution in [1.29, 1.82) is 0 Å². The van der Waals surface area contributed by atoms with Gasteiger partial charge in [0.05, 0.1) is 11.2 Å². The highest BCUT2D eigenvalue weighted by molar-refractivity contribution is 6.11. The van der Waals surface area contributed by atoms with Crippen LogP contribution >= 0.6 is 0 Å². The summed E-state index contributed by atoms with van der Waals surface area (Å²) in [5.41, 5.74) is 6.89. The third-order valence-corrected chi connectivity index (χ3v) is 4.82. The van der Waals surface area contributed by atoms with Crippen LogP contribution in [0.5, 0.6) is 0 Å². The van der Waals surface area contributed by atoms with E-state index in [0.29, 0.717) is 0 Å². The Balaban J connectivity index is 1.65. The molecule has 26 heavy (non-hydrogen) atoms. The van der Waals surface area contributed by atoms with E-state index >= 15 is 0 Å². The number of anilines is 2.